The summed E-state index contributed by atoms with van der Waals surface area (Å²) in [5.74, 6) is 0.632. The molecule has 30 heavy (non-hydrogen) atoms. The van der Waals surface area contributed by atoms with Crippen molar-refractivity contribution < 1.29 is 9.21 Å². The Morgan fingerprint density at radius 1 is 1.13 bits per heavy atom. The van der Waals surface area contributed by atoms with Gasteiger partial charge in [0.25, 0.3) is 5.56 Å². The second kappa shape index (κ2) is 8.59. The second-order valence-electron chi connectivity index (χ2n) is 7.04. The fourth-order valence-corrected chi connectivity index (χ4v) is 3.94. The molecule has 152 valence electrons. The number of carbonyl (C=O) groups is 1. The minimum Gasteiger partial charge on any atom is -0.467 e. The number of furan rings is 1. The topological polar surface area (TPSA) is 77.1 Å². The number of benzene rings is 2. The maximum absolute atomic E-state index is 13.1. The van der Waals surface area contributed by atoms with Crippen LogP contribution in [0.4, 0.5) is 5.69 Å². The van der Waals surface area contributed by atoms with Gasteiger partial charge in [-0.2, -0.15) is 0 Å². The van der Waals surface area contributed by atoms with Crippen LogP contribution in [0, 0.1) is 13.8 Å². The number of aryl methyl sites for hydroxylation is 2. The van der Waals surface area contributed by atoms with Crippen molar-refractivity contribution in [1.82, 2.24) is 9.55 Å². The lowest BCUT2D eigenvalue weighted by Gasteiger charge is -2.13. The van der Waals surface area contributed by atoms with E-state index in [0.29, 0.717) is 21.8 Å². The van der Waals surface area contributed by atoms with Gasteiger partial charge in [0, 0.05) is 5.69 Å². The maximum Gasteiger partial charge on any atom is 0.262 e. The van der Waals surface area contributed by atoms with Gasteiger partial charge >= 0.3 is 0 Å². The summed E-state index contributed by atoms with van der Waals surface area (Å²) >= 11 is 1.23. The number of hydrogen-bond donors (Lipinski definition) is 1. The molecular weight excluding hydrogens is 398 g/mol. The Bertz CT molecular complexity index is 1260. The first-order valence-corrected chi connectivity index (χ1v) is 10.5. The van der Waals surface area contributed by atoms with E-state index in [1.54, 1.807) is 29.0 Å². The molecule has 4 aromatic rings. The molecule has 0 aliphatic carbocycles. The number of hydrogen-bond acceptors (Lipinski definition) is 5. The van der Waals surface area contributed by atoms with E-state index in [2.05, 4.69) is 10.3 Å². The first kappa shape index (κ1) is 20.0. The zero-order valence-electron chi connectivity index (χ0n) is 16.7. The molecule has 0 spiro atoms. The summed E-state index contributed by atoms with van der Waals surface area (Å²) in [6, 6.07) is 16.7. The first-order valence-electron chi connectivity index (χ1n) is 9.53. The van der Waals surface area contributed by atoms with Gasteiger partial charge in [0.15, 0.2) is 5.16 Å². The zero-order chi connectivity index (χ0) is 21.1. The van der Waals surface area contributed by atoms with Crippen LogP contribution in [0.25, 0.3) is 10.9 Å². The minimum absolute atomic E-state index is 0.135. The highest BCUT2D eigenvalue weighted by Gasteiger charge is 2.15. The lowest BCUT2D eigenvalue weighted by molar-refractivity contribution is -0.113. The summed E-state index contributed by atoms with van der Waals surface area (Å²) in [7, 11) is 0. The van der Waals surface area contributed by atoms with Crippen LogP contribution in [0.15, 0.2) is 75.2 Å². The Morgan fingerprint density at radius 3 is 2.77 bits per heavy atom. The number of nitrogens with zero attached hydrogens (tertiary/aromatic N) is 2. The van der Waals surface area contributed by atoms with Gasteiger partial charge in [0.05, 0.1) is 29.5 Å². The molecule has 0 aliphatic rings. The van der Waals surface area contributed by atoms with E-state index in [4.69, 9.17) is 4.42 Å². The fourth-order valence-electron chi connectivity index (χ4n) is 3.14. The van der Waals surface area contributed by atoms with E-state index in [1.165, 1.54) is 11.8 Å². The van der Waals surface area contributed by atoms with Crippen LogP contribution in [0.3, 0.4) is 0 Å². The molecule has 2 aromatic carbocycles. The number of anilines is 1. The molecule has 1 amide bonds. The third-order valence-corrected chi connectivity index (χ3v) is 5.70. The molecule has 0 atom stereocenters. The molecule has 0 saturated carbocycles. The van der Waals surface area contributed by atoms with Gasteiger partial charge in [-0.15, -0.1) is 0 Å². The highest BCUT2D eigenvalue weighted by molar-refractivity contribution is 7.99. The van der Waals surface area contributed by atoms with Crippen LogP contribution < -0.4 is 10.9 Å². The molecule has 4 rings (SSSR count). The Balaban J connectivity index is 1.60. The van der Waals surface area contributed by atoms with Crippen LogP contribution in [-0.4, -0.2) is 21.2 Å². The molecule has 0 saturated heterocycles. The standard InChI is InChI=1S/C23H21N3O3S/c1-15-9-10-16(2)20(12-15)24-21(27)14-30-23-25-19-8-4-3-7-18(19)22(28)26(23)13-17-6-5-11-29-17/h3-12H,13-14H2,1-2H3,(H,24,27). The smallest absolute Gasteiger partial charge is 0.262 e. The first-order chi connectivity index (χ1) is 14.5. The normalized spacial score (nSPS) is 11.0. The van der Waals surface area contributed by atoms with Crippen LogP contribution in [0.5, 0.6) is 0 Å². The van der Waals surface area contributed by atoms with Crippen molar-refractivity contribution in [2.45, 2.75) is 25.5 Å². The monoisotopic (exact) mass is 419 g/mol. The third-order valence-electron chi connectivity index (χ3n) is 4.72. The molecule has 0 fully saturated rings. The van der Waals surface area contributed by atoms with E-state index in [0.717, 1.165) is 16.8 Å². The molecule has 2 heterocycles. The molecule has 0 bridgehead atoms. The molecule has 1 N–H and O–H groups in total. The number of amides is 1. The summed E-state index contributed by atoms with van der Waals surface area (Å²) in [5, 5.41) is 3.96. The predicted molar refractivity (Wildman–Crippen MR) is 119 cm³/mol. The van der Waals surface area contributed by atoms with Crippen molar-refractivity contribution in [3.05, 3.63) is 88.1 Å². The van der Waals surface area contributed by atoms with Crippen LogP contribution >= 0.6 is 11.8 Å². The lowest BCUT2D eigenvalue weighted by Crippen LogP contribution is -2.24. The number of nitrogens with one attached hydrogen (secondary N) is 1. The van der Waals surface area contributed by atoms with Crippen molar-refractivity contribution in [3.8, 4) is 0 Å². The molecule has 0 radical (unpaired) electrons. The summed E-state index contributed by atoms with van der Waals surface area (Å²) in [6.45, 7) is 4.19. The van der Waals surface area contributed by atoms with Gasteiger partial charge in [-0.05, 0) is 55.3 Å². The quantitative estimate of drug-likeness (QED) is 0.371. The van der Waals surface area contributed by atoms with Crippen molar-refractivity contribution >= 4 is 34.3 Å². The van der Waals surface area contributed by atoms with Gasteiger partial charge in [0.1, 0.15) is 5.76 Å². The van der Waals surface area contributed by atoms with Crippen LogP contribution in [-0.2, 0) is 11.3 Å². The highest BCUT2D eigenvalue weighted by Crippen LogP contribution is 2.21. The number of fused-ring (bicyclic) bond motifs is 1. The second-order valence-corrected chi connectivity index (χ2v) is 7.98. The average Bonchev–Trinajstić information content (AvgIpc) is 3.25. The number of para-hydroxylation sites is 1. The van der Waals surface area contributed by atoms with E-state index in [-0.39, 0.29) is 23.8 Å². The summed E-state index contributed by atoms with van der Waals surface area (Å²) in [5.41, 5.74) is 3.31. The fraction of sp³-hybridized carbons (Fsp3) is 0.174. The van der Waals surface area contributed by atoms with E-state index < -0.39 is 0 Å². The van der Waals surface area contributed by atoms with Crippen molar-refractivity contribution in [3.63, 3.8) is 0 Å². The Labute approximate surface area is 177 Å². The van der Waals surface area contributed by atoms with Crippen molar-refractivity contribution in [2.75, 3.05) is 11.1 Å². The minimum atomic E-state index is -0.158. The maximum atomic E-state index is 13.1. The Hall–Kier alpha value is -3.32. The van der Waals surface area contributed by atoms with Crippen molar-refractivity contribution in [1.29, 1.82) is 0 Å². The molecule has 2 aromatic heterocycles. The highest BCUT2D eigenvalue weighted by atomic mass is 32.2. The predicted octanol–water partition coefficient (Wildman–Crippen LogP) is 4.39. The number of aromatic nitrogens is 2. The summed E-state index contributed by atoms with van der Waals surface area (Å²) < 4.78 is 6.97. The van der Waals surface area contributed by atoms with E-state index >= 15 is 0 Å². The largest absolute Gasteiger partial charge is 0.467 e. The molecular formula is C23H21N3O3S. The third kappa shape index (κ3) is 4.31. The number of thioether (sulfide) groups is 1. The molecule has 7 heteroatoms. The number of carbonyl (C=O) groups excluding carboxylic acids is 1. The zero-order valence-corrected chi connectivity index (χ0v) is 17.5. The van der Waals surface area contributed by atoms with Crippen molar-refractivity contribution in [2.24, 2.45) is 0 Å². The SMILES string of the molecule is Cc1ccc(C)c(NC(=O)CSc2nc3ccccc3c(=O)n2Cc2ccco2)c1. The Morgan fingerprint density at radius 2 is 1.97 bits per heavy atom. The Kier molecular flexibility index (Phi) is 5.72. The van der Waals surface area contributed by atoms with Gasteiger partial charge in [0.2, 0.25) is 5.91 Å². The van der Waals surface area contributed by atoms with E-state index in [9.17, 15) is 9.59 Å². The van der Waals surface area contributed by atoms with Gasteiger partial charge in [-0.3, -0.25) is 14.2 Å². The van der Waals surface area contributed by atoms with Gasteiger partial charge in [-0.1, -0.05) is 36.0 Å². The number of rotatable bonds is 6. The lowest BCUT2D eigenvalue weighted by atomic mass is 10.1. The van der Waals surface area contributed by atoms with Crippen LogP contribution in [0.1, 0.15) is 16.9 Å². The van der Waals surface area contributed by atoms with Crippen LogP contribution in [0.2, 0.25) is 0 Å². The van der Waals surface area contributed by atoms with E-state index in [1.807, 2.05) is 50.2 Å². The molecule has 6 nitrogen and oxygen atoms in total. The average molecular weight is 420 g/mol. The van der Waals surface area contributed by atoms with Gasteiger partial charge in [-0.25, -0.2) is 4.98 Å². The molecule has 0 aliphatic heterocycles. The van der Waals surface area contributed by atoms with Gasteiger partial charge < -0.3 is 9.73 Å². The summed E-state index contributed by atoms with van der Waals surface area (Å²) in [6.07, 6.45) is 1.57. The molecule has 0 unspecified atom stereocenters. The summed E-state index contributed by atoms with van der Waals surface area (Å²) in [4.78, 5) is 30.3.